The molecular weight excluding hydrogens is 290 g/mol. The largest absolute Gasteiger partial charge is 0.226 e. The molecule has 0 fully saturated rings. The van der Waals surface area contributed by atoms with Crippen molar-refractivity contribution in [2.75, 3.05) is 0 Å². The summed E-state index contributed by atoms with van der Waals surface area (Å²) < 4.78 is 2.72. The molecule has 4 heteroatoms. The minimum absolute atomic E-state index is 0.372. The number of nitrogens with zero attached hydrogens (tertiary/aromatic N) is 3. The molecule has 0 aliphatic heterocycles. The Morgan fingerprint density at radius 1 is 1.22 bits per heavy atom. The first-order valence-corrected chi connectivity index (χ1v) is 6.52. The van der Waals surface area contributed by atoms with Crippen LogP contribution >= 0.6 is 15.9 Å². The summed E-state index contributed by atoms with van der Waals surface area (Å²) >= 11 is 3.54. The highest BCUT2D eigenvalue weighted by Gasteiger charge is 2.14. The van der Waals surface area contributed by atoms with Crippen molar-refractivity contribution in [3.05, 3.63) is 45.2 Å². The number of hydrogen-bond donors (Lipinski definition) is 0. The summed E-state index contributed by atoms with van der Waals surface area (Å²) in [4.78, 5) is 0. The molecule has 1 aromatic heterocycles. The van der Waals surface area contributed by atoms with Gasteiger partial charge in [-0.3, -0.25) is 0 Å². The lowest BCUT2D eigenvalue weighted by Gasteiger charge is -2.06. The van der Waals surface area contributed by atoms with Crippen LogP contribution in [0.4, 0.5) is 0 Å². The molecule has 92 valence electrons. The Bertz CT molecular complexity index is 615. The van der Waals surface area contributed by atoms with Gasteiger partial charge in [0.2, 0.25) is 0 Å². The Kier molecular flexibility index (Phi) is 3.53. The predicted molar refractivity (Wildman–Crippen MR) is 74.8 cm³/mol. The first-order chi connectivity index (χ1) is 8.52. The van der Waals surface area contributed by atoms with Gasteiger partial charge in [0.1, 0.15) is 4.60 Å². The highest BCUT2D eigenvalue weighted by atomic mass is 79.9. The average molecular weight is 304 g/mol. The topological polar surface area (TPSA) is 41.6 Å². The van der Waals surface area contributed by atoms with Crippen molar-refractivity contribution in [1.29, 1.82) is 5.26 Å². The van der Waals surface area contributed by atoms with Gasteiger partial charge in [-0.25, -0.2) is 4.68 Å². The number of aromatic nitrogens is 2. The number of benzene rings is 1. The van der Waals surface area contributed by atoms with E-state index in [0.29, 0.717) is 6.42 Å². The molecular formula is C14H14BrN3. The fraction of sp³-hybridized carbons (Fsp3) is 0.286. The number of hydrogen-bond acceptors (Lipinski definition) is 2. The molecule has 0 radical (unpaired) electrons. The van der Waals surface area contributed by atoms with Gasteiger partial charge in [-0.15, -0.1) is 0 Å². The summed E-state index contributed by atoms with van der Waals surface area (Å²) in [6, 6.07) is 8.47. The Balaban J connectivity index is 2.58. The SMILES string of the molecule is Cc1cc(C)cc(-n2nc(C)c(CC#N)c2Br)c1. The van der Waals surface area contributed by atoms with E-state index in [0.717, 1.165) is 21.5 Å². The average Bonchev–Trinajstić information content (AvgIpc) is 2.56. The van der Waals surface area contributed by atoms with Gasteiger partial charge >= 0.3 is 0 Å². The third-order valence-corrected chi connectivity index (χ3v) is 3.64. The number of nitriles is 1. The molecule has 1 aromatic carbocycles. The molecule has 0 aliphatic rings. The van der Waals surface area contributed by atoms with Crippen LogP contribution in [-0.2, 0) is 6.42 Å². The van der Waals surface area contributed by atoms with Crippen LogP contribution in [0.5, 0.6) is 0 Å². The zero-order chi connectivity index (χ0) is 13.3. The monoisotopic (exact) mass is 303 g/mol. The van der Waals surface area contributed by atoms with Crippen molar-refractivity contribution in [3.8, 4) is 11.8 Å². The summed E-state index contributed by atoms with van der Waals surface area (Å²) in [5.74, 6) is 0. The van der Waals surface area contributed by atoms with Crippen LogP contribution in [0.2, 0.25) is 0 Å². The second-order valence-corrected chi connectivity index (χ2v) is 5.20. The Hall–Kier alpha value is -1.60. The van der Waals surface area contributed by atoms with Crippen molar-refractivity contribution in [1.82, 2.24) is 9.78 Å². The van der Waals surface area contributed by atoms with E-state index >= 15 is 0 Å². The van der Waals surface area contributed by atoms with Crippen LogP contribution in [0.1, 0.15) is 22.4 Å². The van der Waals surface area contributed by atoms with E-state index < -0.39 is 0 Å². The van der Waals surface area contributed by atoms with Crippen molar-refractivity contribution in [3.63, 3.8) is 0 Å². The number of aryl methyl sites for hydroxylation is 3. The van der Waals surface area contributed by atoms with Crippen LogP contribution in [0.15, 0.2) is 22.8 Å². The van der Waals surface area contributed by atoms with Gasteiger partial charge < -0.3 is 0 Å². The van der Waals surface area contributed by atoms with E-state index in [1.165, 1.54) is 11.1 Å². The normalized spacial score (nSPS) is 10.4. The zero-order valence-electron chi connectivity index (χ0n) is 10.7. The van der Waals surface area contributed by atoms with Crippen LogP contribution in [0.25, 0.3) is 5.69 Å². The van der Waals surface area contributed by atoms with Crippen molar-refractivity contribution in [2.24, 2.45) is 0 Å². The quantitative estimate of drug-likeness (QED) is 0.850. The lowest BCUT2D eigenvalue weighted by Crippen LogP contribution is -1.98. The fourth-order valence-corrected chi connectivity index (χ4v) is 2.77. The molecule has 1 heterocycles. The molecule has 0 bridgehead atoms. The van der Waals surface area contributed by atoms with Crippen molar-refractivity contribution in [2.45, 2.75) is 27.2 Å². The van der Waals surface area contributed by atoms with Gasteiger partial charge in [0.05, 0.1) is 23.9 Å². The van der Waals surface area contributed by atoms with Crippen LogP contribution in [-0.4, -0.2) is 9.78 Å². The first kappa shape index (κ1) is 12.8. The third kappa shape index (κ3) is 2.32. The van der Waals surface area contributed by atoms with Gasteiger partial charge in [0.15, 0.2) is 0 Å². The summed E-state index contributed by atoms with van der Waals surface area (Å²) in [5, 5.41) is 13.3. The smallest absolute Gasteiger partial charge is 0.114 e. The van der Waals surface area contributed by atoms with Gasteiger partial charge in [0.25, 0.3) is 0 Å². The van der Waals surface area contributed by atoms with Gasteiger partial charge in [0, 0.05) is 5.56 Å². The van der Waals surface area contributed by atoms with E-state index in [9.17, 15) is 0 Å². The molecule has 0 N–H and O–H groups in total. The van der Waals surface area contributed by atoms with E-state index in [1.807, 2.05) is 11.6 Å². The van der Waals surface area contributed by atoms with Crippen LogP contribution in [0, 0.1) is 32.1 Å². The highest BCUT2D eigenvalue weighted by molar-refractivity contribution is 9.10. The van der Waals surface area contributed by atoms with Crippen molar-refractivity contribution >= 4 is 15.9 Å². The molecule has 2 rings (SSSR count). The molecule has 3 nitrogen and oxygen atoms in total. The van der Waals surface area contributed by atoms with E-state index in [2.05, 4.69) is 59.1 Å². The number of halogens is 1. The minimum Gasteiger partial charge on any atom is -0.226 e. The Labute approximate surface area is 115 Å². The standard InChI is InChI=1S/C14H14BrN3/c1-9-6-10(2)8-12(7-9)18-14(15)13(4-5-16)11(3)17-18/h6-8H,4H2,1-3H3. The molecule has 0 atom stereocenters. The lowest BCUT2D eigenvalue weighted by molar-refractivity contribution is 0.843. The van der Waals surface area contributed by atoms with Gasteiger partial charge in [-0.05, 0) is 60.0 Å². The molecule has 0 aliphatic carbocycles. The van der Waals surface area contributed by atoms with Crippen LogP contribution in [0.3, 0.4) is 0 Å². The van der Waals surface area contributed by atoms with Gasteiger partial charge in [-0.2, -0.15) is 10.4 Å². The molecule has 0 saturated heterocycles. The maximum Gasteiger partial charge on any atom is 0.114 e. The van der Waals surface area contributed by atoms with E-state index in [4.69, 9.17) is 5.26 Å². The van der Waals surface area contributed by atoms with Gasteiger partial charge in [-0.1, -0.05) is 6.07 Å². The number of rotatable bonds is 2. The lowest BCUT2D eigenvalue weighted by atomic mass is 10.1. The van der Waals surface area contributed by atoms with E-state index in [1.54, 1.807) is 0 Å². The summed E-state index contributed by atoms with van der Waals surface area (Å²) in [6.45, 7) is 6.06. The van der Waals surface area contributed by atoms with E-state index in [-0.39, 0.29) is 0 Å². The fourth-order valence-electron chi connectivity index (χ4n) is 2.06. The summed E-state index contributed by atoms with van der Waals surface area (Å²) in [5.41, 5.74) is 5.27. The highest BCUT2D eigenvalue weighted by Crippen LogP contribution is 2.25. The minimum atomic E-state index is 0.372. The Morgan fingerprint density at radius 2 is 1.83 bits per heavy atom. The Morgan fingerprint density at radius 3 is 2.39 bits per heavy atom. The zero-order valence-corrected chi connectivity index (χ0v) is 12.2. The molecule has 2 aromatic rings. The molecule has 18 heavy (non-hydrogen) atoms. The maximum atomic E-state index is 8.83. The predicted octanol–water partition coefficient (Wildman–Crippen LogP) is 3.63. The summed E-state index contributed by atoms with van der Waals surface area (Å²) in [6.07, 6.45) is 0.372. The third-order valence-electron chi connectivity index (χ3n) is 2.83. The molecule has 0 spiro atoms. The van der Waals surface area contributed by atoms with Crippen LogP contribution < -0.4 is 0 Å². The summed E-state index contributed by atoms with van der Waals surface area (Å²) in [7, 11) is 0. The molecule has 0 saturated carbocycles. The maximum absolute atomic E-state index is 8.83. The second-order valence-electron chi connectivity index (χ2n) is 4.45. The van der Waals surface area contributed by atoms with Crippen molar-refractivity contribution < 1.29 is 0 Å². The molecule has 0 amide bonds. The molecule has 0 unspecified atom stereocenters. The second kappa shape index (κ2) is 4.95. The first-order valence-electron chi connectivity index (χ1n) is 5.72.